The van der Waals surface area contributed by atoms with Crippen LogP contribution >= 0.6 is 15.9 Å². The Hall–Kier alpha value is -1.75. The topological polar surface area (TPSA) is 47.3 Å². The Kier molecular flexibility index (Phi) is 4.27. The molecule has 0 aliphatic carbocycles. The third-order valence-corrected chi connectivity index (χ3v) is 3.32. The van der Waals surface area contributed by atoms with Crippen LogP contribution in [0.15, 0.2) is 40.9 Å². The molecule has 3 N–H and O–H groups in total. The van der Waals surface area contributed by atoms with Crippen LogP contribution in [0, 0.1) is 5.82 Å². The number of hydrogen-bond acceptors (Lipinski definition) is 3. The van der Waals surface area contributed by atoms with E-state index in [0.29, 0.717) is 18.0 Å². The second-order valence-electron chi connectivity index (χ2n) is 4.06. The third-order valence-electron chi connectivity index (χ3n) is 2.70. The molecule has 2 aromatic rings. The second-order valence-corrected chi connectivity index (χ2v) is 4.91. The Morgan fingerprint density at radius 2 is 2.11 bits per heavy atom. The third kappa shape index (κ3) is 3.38. The average Bonchev–Trinajstić information content (AvgIpc) is 2.39. The summed E-state index contributed by atoms with van der Waals surface area (Å²) in [6.07, 6.45) is 0. The van der Waals surface area contributed by atoms with Gasteiger partial charge in [-0.1, -0.05) is 12.1 Å². The van der Waals surface area contributed by atoms with Gasteiger partial charge in [0, 0.05) is 12.6 Å². The van der Waals surface area contributed by atoms with Gasteiger partial charge < -0.3 is 15.8 Å². The zero-order chi connectivity index (χ0) is 13.8. The van der Waals surface area contributed by atoms with E-state index in [2.05, 4.69) is 21.2 Å². The Balaban J connectivity index is 2.13. The molecule has 0 unspecified atom stereocenters. The van der Waals surface area contributed by atoms with Crippen LogP contribution in [0.4, 0.5) is 15.8 Å². The van der Waals surface area contributed by atoms with Crippen molar-refractivity contribution in [2.24, 2.45) is 0 Å². The first-order valence-electron chi connectivity index (χ1n) is 5.71. The molecule has 0 saturated heterocycles. The van der Waals surface area contributed by atoms with Crippen molar-refractivity contribution < 1.29 is 9.13 Å². The summed E-state index contributed by atoms with van der Waals surface area (Å²) in [5, 5.41) is 3.17. The van der Waals surface area contributed by atoms with Gasteiger partial charge in [-0.05, 0) is 39.7 Å². The lowest BCUT2D eigenvalue weighted by atomic mass is 10.2. The first-order valence-corrected chi connectivity index (χ1v) is 6.51. The molecular weight excluding hydrogens is 311 g/mol. The zero-order valence-corrected chi connectivity index (χ0v) is 12.0. The summed E-state index contributed by atoms with van der Waals surface area (Å²) in [5.41, 5.74) is 8.13. The largest absolute Gasteiger partial charge is 0.495 e. The Labute approximate surface area is 119 Å². The maximum absolute atomic E-state index is 13.1. The quantitative estimate of drug-likeness (QED) is 0.841. The van der Waals surface area contributed by atoms with Crippen molar-refractivity contribution in [1.82, 2.24) is 0 Å². The predicted octanol–water partition coefficient (Wildman–Crippen LogP) is 3.79. The van der Waals surface area contributed by atoms with Gasteiger partial charge in [0.2, 0.25) is 0 Å². The fourth-order valence-electron chi connectivity index (χ4n) is 1.72. The van der Waals surface area contributed by atoms with Crippen LogP contribution in [0.5, 0.6) is 5.75 Å². The molecule has 0 bridgehead atoms. The summed E-state index contributed by atoms with van der Waals surface area (Å²) in [7, 11) is 1.58. The van der Waals surface area contributed by atoms with Gasteiger partial charge in [0.05, 0.1) is 23.0 Å². The number of rotatable bonds is 4. The molecule has 0 saturated carbocycles. The van der Waals surface area contributed by atoms with Crippen molar-refractivity contribution in [2.75, 3.05) is 18.2 Å². The number of nitrogens with one attached hydrogen (secondary N) is 1. The van der Waals surface area contributed by atoms with Crippen LogP contribution in [0.3, 0.4) is 0 Å². The van der Waals surface area contributed by atoms with Gasteiger partial charge >= 0.3 is 0 Å². The molecule has 19 heavy (non-hydrogen) atoms. The summed E-state index contributed by atoms with van der Waals surface area (Å²) in [4.78, 5) is 0. The first kappa shape index (κ1) is 13.7. The Morgan fingerprint density at radius 3 is 2.79 bits per heavy atom. The van der Waals surface area contributed by atoms with E-state index in [9.17, 15) is 4.39 Å². The summed E-state index contributed by atoms with van der Waals surface area (Å²) < 4.78 is 19.0. The lowest BCUT2D eigenvalue weighted by Crippen LogP contribution is -2.03. The fraction of sp³-hybridized carbons (Fsp3) is 0.143. The molecule has 0 aromatic heterocycles. The maximum Gasteiger partial charge on any atom is 0.135 e. The van der Waals surface area contributed by atoms with Crippen LogP contribution in [0.2, 0.25) is 0 Å². The Bertz CT molecular complexity index is 590. The van der Waals surface area contributed by atoms with Crippen molar-refractivity contribution in [3.63, 3.8) is 0 Å². The van der Waals surface area contributed by atoms with Crippen molar-refractivity contribution in [3.05, 3.63) is 52.3 Å². The number of nitrogens with two attached hydrogens (primary N) is 1. The van der Waals surface area contributed by atoms with Crippen LogP contribution in [-0.2, 0) is 6.54 Å². The first-order chi connectivity index (χ1) is 9.10. The van der Waals surface area contributed by atoms with Crippen LogP contribution < -0.4 is 15.8 Å². The maximum atomic E-state index is 13.1. The highest BCUT2D eigenvalue weighted by molar-refractivity contribution is 9.10. The van der Waals surface area contributed by atoms with E-state index in [1.54, 1.807) is 19.2 Å². The molecule has 100 valence electrons. The van der Waals surface area contributed by atoms with Gasteiger partial charge in [0.25, 0.3) is 0 Å². The van der Waals surface area contributed by atoms with Gasteiger partial charge in [0.15, 0.2) is 0 Å². The minimum atomic E-state index is -0.247. The number of benzene rings is 2. The van der Waals surface area contributed by atoms with Crippen molar-refractivity contribution >= 4 is 27.3 Å². The minimum absolute atomic E-state index is 0.247. The minimum Gasteiger partial charge on any atom is -0.495 e. The van der Waals surface area contributed by atoms with E-state index in [1.165, 1.54) is 12.1 Å². The van der Waals surface area contributed by atoms with Crippen LogP contribution in [0.1, 0.15) is 5.56 Å². The van der Waals surface area contributed by atoms with E-state index in [0.717, 1.165) is 15.7 Å². The molecule has 0 aliphatic rings. The molecule has 0 spiro atoms. The summed E-state index contributed by atoms with van der Waals surface area (Å²) in [6.45, 7) is 0.501. The van der Waals surface area contributed by atoms with Crippen molar-refractivity contribution in [1.29, 1.82) is 0 Å². The van der Waals surface area contributed by atoms with Gasteiger partial charge in [-0.25, -0.2) is 4.39 Å². The van der Waals surface area contributed by atoms with Gasteiger partial charge in [0.1, 0.15) is 11.6 Å². The fourth-order valence-corrected chi connectivity index (χ4v) is 2.23. The second kappa shape index (κ2) is 5.93. The highest BCUT2D eigenvalue weighted by atomic mass is 79.9. The molecular formula is C14H14BrFN2O. The number of ether oxygens (including phenoxy) is 1. The molecule has 0 fully saturated rings. The zero-order valence-electron chi connectivity index (χ0n) is 10.4. The number of anilines is 2. The molecule has 5 heteroatoms. The van der Waals surface area contributed by atoms with E-state index >= 15 is 0 Å². The van der Waals surface area contributed by atoms with Crippen LogP contribution in [-0.4, -0.2) is 7.11 Å². The standard InChI is InChI=1S/C14H14BrFN2O/c1-19-14-7-12(17)13(6-11(14)15)18-8-9-3-2-4-10(16)5-9/h2-7,18H,8,17H2,1H3. The number of nitrogen functional groups attached to an aromatic ring is 1. The van der Waals surface area contributed by atoms with Gasteiger partial charge in [-0.2, -0.15) is 0 Å². The average molecular weight is 325 g/mol. The van der Waals surface area contributed by atoms with Crippen molar-refractivity contribution in [3.8, 4) is 5.75 Å². The predicted molar refractivity (Wildman–Crippen MR) is 78.8 cm³/mol. The smallest absolute Gasteiger partial charge is 0.135 e. The molecule has 0 radical (unpaired) electrons. The number of hydrogen-bond donors (Lipinski definition) is 2. The summed E-state index contributed by atoms with van der Waals surface area (Å²) in [6, 6.07) is 10.0. The number of halogens is 2. The number of methoxy groups -OCH3 is 1. The van der Waals surface area contributed by atoms with E-state index < -0.39 is 0 Å². The monoisotopic (exact) mass is 324 g/mol. The van der Waals surface area contributed by atoms with E-state index in [4.69, 9.17) is 10.5 Å². The lowest BCUT2D eigenvalue weighted by molar-refractivity contribution is 0.412. The van der Waals surface area contributed by atoms with Crippen molar-refractivity contribution in [2.45, 2.75) is 6.54 Å². The molecule has 0 aliphatic heterocycles. The molecule has 0 amide bonds. The van der Waals surface area contributed by atoms with Gasteiger partial charge in [-0.3, -0.25) is 0 Å². The van der Waals surface area contributed by atoms with E-state index in [1.807, 2.05) is 12.1 Å². The molecule has 2 rings (SSSR count). The normalized spacial score (nSPS) is 10.3. The van der Waals surface area contributed by atoms with E-state index in [-0.39, 0.29) is 5.82 Å². The lowest BCUT2D eigenvalue weighted by Gasteiger charge is -2.12. The highest BCUT2D eigenvalue weighted by Gasteiger charge is 2.06. The van der Waals surface area contributed by atoms with Gasteiger partial charge in [-0.15, -0.1) is 0 Å². The summed E-state index contributed by atoms with van der Waals surface area (Å²) >= 11 is 3.40. The summed E-state index contributed by atoms with van der Waals surface area (Å²) in [5.74, 6) is 0.428. The molecule has 0 atom stereocenters. The van der Waals surface area contributed by atoms with Crippen LogP contribution in [0.25, 0.3) is 0 Å². The molecule has 2 aromatic carbocycles. The molecule has 0 heterocycles. The highest BCUT2D eigenvalue weighted by Crippen LogP contribution is 2.33. The SMILES string of the molecule is COc1cc(N)c(NCc2cccc(F)c2)cc1Br. The Morgan fingerprint density at radius 1 is 1.32 bits per heavy atom. The molecule has 3 nitrogen and oxygen atoms in total.